The van der Waals surface area contributed by atoms with Crippen LogP contribution in [0.25, 0.3) is 0 Å². The Labute approximate surface area is 333 Å². The van der Waals surface area contributed by atoms with Crippen molar-refractivity contribution in [3.05, 3.63) is 50.6 Å². The van der Waals surface area contributed by atoms with Gasteiger partial charge in [0.2, 0.25) is 0 Å². The van der Waals surface area contributed by atoms with E-state index in [0.717, 1.165) is 0 Å². The van der Waals surface area contributed by atoms with Gasteiger partial charge >= 0.3 is 90.3 Å². The van der Waals surface area contributed by atoms with E-state index < -0.39 is 129 Å². The number of alkyl halides is 22. The average molecular weight is 980 g/mol. The lowest BCUT2D eigenvalue weighted by atomic mass is 9.83. The molecule has 0 heterocycles. The SMILES string of the molecule is C=CC(=O)OCC(F)(F)C(F)(F)OCC(C(F)(F)OC(F)(F)C(F)(F)COC(=O)C=C)(C(F)(F)OC(F)(F)C(F)(F)COC(=O)C=C)C(F)(F)OC(F)(F)C(F)(F)COC(=O)C=C. The van der Waals surface area contributed by atoms with Gasteiger partial charge in [-0.1, -0.05) is 26.3 Å². The van der Waals surface area contributed by atoms with Crippen molar-refractivity contribution in [2.24, 2.45) is 5.41 Å². The number of ether oxygens (including phenoxy) is 8. The standard InChI is InChI=1S/C29H22F22O12/c1-5-14(52)56-10-19(30,31)26(44,45)60-9-18(23(38,39)61-27(46,47)20(32,33)11-57-15(53)6-2,24(40,41)62-28(48,49)21(34,35)12-58-16(54)7-3)25(42,43)63-29(50,51)22(36,37)13-59-17(55)8-4/h5-8H,1-4,9-13H2. The van der Waals surface area contributed by atoms with E-state index in [9.17, 15) is 89.4 Å². The van der Waals surface area contributed by atoms with Gasteiger partial charge in [0, 0.05) is 24.3 Å². The number of hydrogen-bond donors (Lipinski definition) is 0. The Kier molecular flexibility index (Phi) is 18.0. The lowest BCUT2D eigenvalue weighted by Crippen LogP contribution is -2.73. The molecule has 0 unspecified atom stereocenters. The third kappa shape index (κ3) is 13.1. The molecule has 0 N–H and O–H groups in total. The average Bonchev–Trinajstić information content (AvgIpc) is 3.11. The van der Waals surface area contributed by atoms with Crippen LogP contribution in [0.2, 0.25) is 0 Å². The lowest BCUT2D eigenvalue weighted by molar-refractivity contribution is -0.580. The maximum atomic E-state index is 15.8. The molecule has 0 aromatic rings. The molecular weight excluding hydrogens is 958 g/mol. The van der Waals surface area contributed by atoms with Crippen molar-refractivity contribution in [1.82, 2.24) is 0 Å². The molecule has 0 atom stereocenters. The Balaban J connectivity index is 8.62. The van der Waals surface area contributed by atoms with Crippen LogP contribution in [0.3, 0.4) is 0 Å². The van der Waals surface area contributed by atoms with E-state index in [1.54, 1.807) is 0 Å². The Morgan fingerprint density at radius 2 is 0.508 bits per heavy atom. The van der Waals surface area contributed by atoms with E-state index in [1.165, 1.54) is 0 Å². The highest BCUT2D eigenvalue weighted by atomic mass is 19.4. The smallest absolute Gasteiger partial charge is 0.427 e. The molecule has 0 aromatic carbocycles. The van der Waals surface area contributed by atoms with Crippen molar-refractivity contribution in [2.75, 3.05) is 33.0 Å². The second kappa shape index (κ2) is 19.5. The fraction of sp³-hybridized carbons (Fsp3) is 0.586. The fourth-order valence-electron chi connectivity index (χ4n) is 3.25. The zero-order valence-electron chi connectivity index (χ0n) is 29.9. The fourth-order valence-corrected chi connectivity index (χ4v) is 3.25. The van der Waals surface area contributed by atoms with Gasteiger partial charge in [-0.15, -0.1) is 0 Å². The van der Waals surface area contributed by atoms with Crippen LogP contribution in [0, 0.1) is 5.41 Å². The summed E-state index contributed by atoms with van der Waals surface area (Å²) in [7, 11) is 0. The molecule has 0 fully saturated rings. The van der Waals surface area contributed by atoms with E-state index in [-0.39, 0.29) is 24.3 Å². The van der Waals surface area contributed by atoms with E-state index in [4.69, 9.17) is 0 Å². The summed E-state index contributed by atoms with van der Waals surface area (Å²) in [6, 6.07) is 0. The van der Waals surface area contributed by atoms with Crippen molar-refractivity contribution < 1.29 is 154 Å². The van der Waals surface area contributed by atoms with Crippen molar-refractivity contribution in [1.29, 1.82) is 0 Å². The molecule has 12 nitrogen and oxygen atoms in total. The minimum Gasteiger partial charge on any atom is -0.456 e. The quantitative estimate of drug-likeness (QED) is 0.0329. The van der Waals surface area contributed by atoms with Crippen molar-refractivity contribution in [2.45, 2.75) is 66.5 Å². The van der Waals surface area contributed by atoms with Gasteiger partial charge in [-0.2, -0.15) is 96.6 Å². The van der Waals surface area contributed by atoms with E-state index in [1.807, 2.05) is 14.2 Å². The van der Waals surface area contributed by atoms with Crippen LogP contribution in [0.4, 0.5) is 96.6 Å². The maximum absolute atomic E-state index is 15.8. The summed E-state index contributed by atoms with van der Waals surface area (Å²) < 4.78 is 348. The van der Waals surface area contributed by atoms with Crippen molar-refractivity contribution in [3.8, 4) is 0 Å². The van der Waals surface area contributed by atoms with Crippen LogP contribution >= 0.6 is 0 Å². The summed E-state index contributed by atoms with van der Waals surface area (Å²) in [4.78, 5) is 44.1. The van der Waals surface area contributed by atoms with Gasteiger partial charge in [0.1, 0.15) is 0 Å². The molecule has 0 bridgehead atoms. The summed E-state index contributed by atoms with van der Waals surface area (Å²) in [6.07, 6.45) is -57.6. The second-order valence-electron chi connectivity index (χ2n) is 11.2. The second-order valence-corrected chi connectivity index (χ2v) is 11.2. The van der Waals surface area contributed by atoms with Gasteiger partial charge in [-0.25, -0.2) is 33.4 Å². The highest BCUT2D eigenvalue weighted by Crippen LogP contribution is 2.64. The first-order chi connectivity index (χ1) is 27.9. The summed E-state index contributed by atoms with van der Waals surface area (Å²) in [5.74, 6) is -36.2. The van der Waals surface area contributed by atoms with Crippen LogP contribution in [0.1, 0.15) is 0 Å². The number of carbonyl (C=O) groups is 4. The molecule has 0 radical (unpaired) electrons. The predicted octanol–water partition coefficient (Wildman–Crippen LogP) is 7.65. The Bertz CT molecular complexity index is 1550. The molecule has 0 aliphatic heterocycles. The summed E-state index contributed by atoms with van der Waals surface area (Å²) >= 11 is 0. The number of rotatable bonds is 28. The first-order valence-electron chi connectivity index (χ1n) is 15.0. The molecule has 0 aliphatic carbocycles. The van der Waals surface area contributed by atoms with E-state index in [0.29, 0.717) is 0 Å². The van der Waals surface area contributed by atoms with Crippen molar-refractivity contribution in [3.63, 3.8) is 0 Å². The predicted molar refractivity (Wildman–Crippen MR) is 151 cm³/mol. The van der Waals surface area contributed by atoms with Gasteiger partial charge < -0.3 is 23.7 Å². The zero-order valence-corrected chi connectivity index (χ0v) is 29.9. The molecule has 0 aromatic heterocycles. The van der Waals surface area contributed by atoms with Gasteiger partial charge in [0.15, 0.2) is 26.4 Å². The molecule has 364 valence electrons. The number of carbonyl (C=O) groups excluding carboxylic acids is 4. The first-order valence-corrected chi connectivity index (χ1v) is 15.0. The third-order valence-corrected chi connectivity index (χ3v) is 6.68. The molecule has 0 amide bonds. The minimum atomic E-state index is -8.74. The number of hydrogen-bond acceptors (Lipinski definition) is 12. The van der Waals surface area contributed by atoms with Gasteiger partial charge in [-0.05, 0) is 0 Å². The highest BCUT2D eigenvalue weighted by Gasteiger charge is 2.89. The molecule has 0 saturated heterocycles. The van der Waals surface area contributed by atoms with Gasteiger partial charge in [0.05, 0.1) is 6.61 Å². The monoisotopic (exact) mass is 980 g/mol. The molecule has 0 spiro atoms. The zero-order chi connectivity index (χ0) is 50.3. The molecule has 0 saturated carbocycles. The maximum Gasteiger partial charge on any atom is 0.427 e. The number of esters is 4. The van der Waals surface area contributed by atoms with Crippen molar-refractivity contribution >= 4 is 23.9 Å². The van der Waals surface area contributed by atoms with Crippen LogP contribution < -0.4 is 0 Å². The van der Waals surface area contributed by atoms with Crippen LogP contribution in [-0.2, 0) is 57.1 Å². The normalized spacial score (nSPS) is 14.3. The Morgan fingerprint density at radius 1 is 0.317 bits per heavy atom. The summed E-state index contributed by atoms with van der Waals surface area (Å²) in [5, 5.41) is 0. The first kappa shape index (κ1) is 58.1. The summed E-state index contributed by atoms with van der Waals surface area (Å²) in [5.41, 5.74) is -8.60. The lowest BCUT2D eigenvalue weighted by Gasteiger charge is -2.49. The Morgan fingerprint density at radius 3 is 0.698 bits per heavy atom. The molecule has 63 heavy (non-hydrogen) atoms. The van der Waals surface area contributed by atoms with Gasteiger partial charge in [0.25, 0.3) is 5.41 Å². The van der Waals surface area contributed by atoms with E-state index >= 15 is 26.3 Å². The minimum absolute atomic E-state index is 0.148. The Hall–Kier alpha value is -4.86. The van der Waals surface area contributed by atoms with Gasteiger partial charge in [-0.3, -0.25) is 0 Å². The molecule has 0 rings (SSSR count). The van der Waals surface area contributed by atoms with Crippen LogP contribution in [0.15, 0.2) is 50.6 Å². The third-order valence-electron chi connectivity index (χ3n) is 6.68. The van der Waals surface area contributed by atoms with Crippen LogP contribution in [-0.4, -0.2) is 123 Å². The molecule has 34 heteroatoms. The molecule has 0 aliphatic rings. The topological polar surface area (TPSA) is 142 Å². The largest absolute Gasteiger partial charge is 0.456 e. The molecular formula is C29H22F22O12. The summed E-state index contributed by atoms with van der Waals surface area (Å²) in [6.45, 7) is -8.83. The van der Waals surface area contributed by atoms with E-state index in [2.05, 4.69) is 50.0 Å². The number of halogens is 22. The van der Waals surface area contributed by atoms with Crippen LogP contribution in [0.5, 0.6) is 0 Å². The highest BCUT2D eigenvalue weighted by molar-refractivity contribution is 5.82.